The minimum absolute atomic E-state index is 0.410. The summed E-state index contributed by atoms with van der Waals surface area (Å²) in [6.45, 7) is 0. The Labute approximate surface area is 119 Å². The number of hydrogen-bond donors (Lipinski definition) is 1. The normalized spacial score (nSPS) is 14.0. The molecule has 0 saturated carbocycles. The second kappa shape index (κ2) is 3.92. The van der Waals surface area contributed by atoms with Crippen LogP contribution in [0.5, 0.6) is 0 Å². The molecule has 0 radical (unpaired) electrons. The number of anilines is 1. The van der Waals surface area contributed by atoms with E-state index in [1.165, 1.54) is 11.0 Å². The molecule has 6 heteroatoms. The summed E-state index contributed by atoms with van der Waals surface area (Å²) in [6, 6.07) is 10.2. The maximum atomic E-state index is 12.6. The number of rotatable bonds is 1. The van der Waals surface area contributed by atoms with Crippen molar-refractivity contribution in [3.05, 3.63) is 59.9 Å². The molecule has 21 heavy (non-hydrogen) atoms. The second-order valence-corrected chi connectivity index (χ2v) is 4.78. The summed E-state index contributed by atoms with van der Waals surface area (Å²) >= 11 is 0. The lowest BCUT2D eigenvalue weighted by Gasteiger charge is -2.26. The van der Waals surface area contributed by atoms with Crippen molar-refractivity contribution in [3.8, 4) is 0 Å². The first kappa shape index (κ1) is 11.7. The fourth-order valence-corrected chi connectivity index (χ4v) is 2.67. The molecule has 1 aromatic heterocycles. The number of aromatic nitrogens is 2. The molecular weight excluding hydrogens is 268 g/mol. The van der Waals surface area contributed by atoms with Gasteiger partial charge in [0.15, 0.2) is 0 Å². The third kappa shape index (κ3) is 1.44. The summed E-state index contributed by atoms with van der Waals surface area (Å²) in [5.74, 6) is -0.820. The molecule has 0 unspecified atom stereocenters. The van der Waals surface area contributed by atoms with Gasteiger partial charge >= 0.3 is 0 Å². The summed E-state index contributed by atoms with van der Waals surface area (Å²) in [6.07, 6.45) is 3.07. The summed E-state index contributed by atoms with van der Waals surface area (Å²) < 4.78 is 0. The Morgan fingerprint density at radius 3 is 2.43 bits per heavy atom. The molecule has 1 aliphatic heterocycles. The highest BCUT2D eigenvalue weighted by Crippen LogP contribution is 2.32. The molecule has 3 aromatic rings. The van der Waals surface area contributed by atoms with Crippen molar-refractivity contribution in [3.63, 3.8) is 0 Å². The standard InChI is InChI=1S/C15H10N4O2/c16-12-6-5-11-13-9(12)3-1-4-10(13)14(20)19(15(11)21)18-8-2-7-17-18/h1-8H,16H2. The highest BCUT2D eigenvalue weighted by molar-refractivity contribution is 6.33. The van der Waals surface area contributed by atoms with Gasteiger partial charge in [0.05, 0.1) is 17.3 Å². The van der Waals surface area contributed by atoms with Gasteiger partial charge in [-0.05, 0) is 24.3 Å². The van der Waals surface area contributed by atoms with Crippen molar-refractivity contribution in [1.29, 1.82) is 0 Å². The zero-order chi connectivity index (χ0) is 14.6. The van der Waals surface area contributed by atoms with Crippen molar-refractivity contribution in [2.75, 3.05) is 10.7 Å². The Hall–Kier alpha value is -3.15. The Balaban J connectivity index is 2.07. The Bertz CT molecular complexity index is 877. The van der Waals surface area contributed by atoms with Crippen LogP contribution in [0.3, 0.4) is 0 Å². The average Bonchev–Trinajstić information content (AvgIpc) is 3.00. The minimum atomic E-state index is -0.410. The van der Waals surface area contributed by atoms with Gasteiger partial charge in [-0.25, -0.2) is 0 Å². The lowest BCUT2D eigenvalue weighted by atomic mass is 9.94. The molecule has 4 rings (SSSR count). The summed E-state index contributed by atoms with van der Waals surface area (Å²) in [7, 11) is 0. The van der Waals surface area contributed by atoms with Crippen molar-refractivity contribution in [2.45, 2.75) is 0 Å². The van der Waals surface area contributed by atoms with Gasteiger partial charge in [-0.3, -0.25) is 9.59 Å². The maximum absolute atomic E-state index is 12.6. The van der Waals surface area contributed by atoms with Gasteiger partial charge in [-0.15, -0.1) is 0 Å². The number of nitrogens with zero attached hydrogens (tertiary/aromatic N) is 3. The van der Waals surface area contributed by atoms with Gasteiger partial charge in [0, 0.05) is 22.7 Å². The molecule has 2 aromatic carbocycles. The maximum Gasteiger partial charge on any atom is 0.282 e. The Morgan fingerprint density at radius 2 is 1.71 bits per heavy atom. The molecule has 2 amide bonds. The first-order valence-corrected chi connectivity index (χ1v) is 6.38. The highest BCUT2D eigenvalue weighted by Gasteiger charge is 2.34. The van der Waals surface area contributed by atoms with Crippen LogP contribution in [0.4, 0.5) is 5.69 Å². The van der Waals surface area contributed by atoms with Gasteiger partial charge in [-0.2, -0.15) is 14.9 Å². The van der Waals surface area contributed by atoms with Gasteiger partial charge in [-0.1, -0.05) is 12.1 Å². The second-order valence-electron chi connectivity index (χ2n) is 4.78. The largest absolute Gasteiger partial charge is 0.398 e. The van der Waals surface area contributed by atoms with E-state index >= 15 is 0 Å². The van der Waals surface area contributed by atoms with E-state index in [1.54, 1.807) is 36.5 Å². The van der Waals surface area contributed by atoms with Gasteiger partial charge < -0.3 is 5.73 Å². The number of nitrogen functional groups attached to an aromatic ring is 1. The van der Waals surface area contributed by atoms with Crippen LogP contribution in [-0.4, -0.2) is 21.7 Å². The van der Waals surface area contributed by atoms with Crippen molar-refractivity contribution in [1.82, 2.24) is 9.89 Å². The molecule has 0 saturated heterocycles. The lowest BCUT2D eigenvalue weighted by molar-refractivity contribution is 0.0845. The minimum Gasteiger partial charge on any atom is -0.398 e. The topological polar surface area (TPSA) is 81.2 Å². The van der Waals surface area contributed by atoms with Gasteiger partial charge in [0.25, 0.3) is 11.8 Å². The third-order valence-electron chi connectivity index (χ3n) is 3.62. The van der Waals surface area contributed by atoms with Crippen LogP contribution in [0.2, 0.25) is 0 Å². The number of hydrogen-bond acceptors (Lipinski definition) is 4. The number of amides is 2. The van der Waals surface area contributed by atoms with E-state index in [-0.39, 0.29) is 0 Å². The number of carbonyl (C=O) groups is 2. The summed E-state index contributed by atoms with van der Waals surface area (Å²) in [5, 5.41) is 6.31. The Morgan fingerprint density at radius 1 is 0.952 bits per heavy atom. The average molecular weight is 278 g/mol. The van der Waals surface area contributed by atoms with Crippen LogP contribution in [0, 0.1) is 0 Å². The highest BCUT2D eigenvalue weighted by atomic mass is 16.2. The summed E-state index contributed by atoms with van der Waals surface area (Å²) in [5.41, 5.74) is 7.38. The molecule has 0 fully saturated rings. The predicted octanol–water partition coefficient (Wildman–Crippen LogP) is 1.55. The zero-order valence-corrected chi connectivity index (χ0v) is 10.9. The van der Waals surface area contributed by atoms with Crippen molar-refractivity contribution < 1.29 is 9.59 Å². The molecule has 0 aliphatic carbocycles. The third-order valence-corrected chi connectivity index (χ3v) is 3.62. The zero-order valence-electron chi connectivity index (χ0n) is 10.9. The number of benzene rings is 2. The van der Waals surface area contributed by atoms with E-state index < -0.39 is 11.8 Å². The SMILES string of the molecule is Nc1ccc2c3c(cccc13)C(=O)N(n1cccn1)C2=O. The van der Waals surface area contributed by atoms with Crippen LogP contribution in [-0.2, 0) is 0 Å². The first-order chi connectivity index (χ1) is 10.2. The molecule has 0 spiro atoms. The smallest absolute Gasteiger partial charge is 0.282 e. The summed E-state index contributed by atoms with van der Waals surface area (Å²) in [4.78, 5) is 26.5. The van der Waals surface area contributed by atoms with E-state index in [0.29, 0.717) is 27.6 Å². The predicted molar refractivity (Wildman–Crippen MR) is 77.5 cm³/mol. The molecule has 2 heterocycles. The molecule has 1 aliphatic rings. The molecule has 102 valence electrons. The van der Waals surface area contributed by atoms with E-state index in [2.05, 4.69) is 5.10 Å². The molecular formula is C15H10N4O2. The quantitative estimate of drug-likeness (QED) is 0.541. The lowest BCUT2D eigenvalue weighted by Crippen LogP contribution is -2.48. The molecule has 0 atom stereocenters. The fourth-order valence-electron chi connectivity index (χ4n) is 2.67. The molecule has 6 nitrogen and oxygen atoms in total. The van der Waals surface area contributed by atoms with E-state index in [0.717, 1.165) is 5.01 Å². The van der Waals surface area contributed by atoms with Crippen molar-refractivity contribution in [2.24, 2.45) is 0 Å². The van der Waals surface area contributed by atoms with Crippen LogP contribution < -0.4 is 10.7 Å². The van der Waals surface area contributed by atoms with Gasteiger partial charge in [0.2, 0.25) is 0 Å². The van der Waals surface area contributed by atoms with Crippen LogP contribution in [0.1, 0.15) is 20.7 Å². The van der Waals surface area contributed by atoms with Gasteiger partial charge in [0.1, 0.15) is 0 Å². The molecule has 2 N–H and O–H groups in total. The van der Waals surface area contributed by atoms with E-state index in [1.807, 2.05) is 6.07 Å². The molecule has 0 bridgehead atoms. The van der Waals surface area contributed by atoms with Crippen LogP contribution in [0.25, 0.3) is 10.8 Å². The monoisotopic (exact) mass is 278 g/mol. The number of carbonyl (C=O) groups excluding carboxylic acids is 2. The van der Waals surface area contributed by atoms with E-state index in [4.69, 9.17) is 5.73 Å². The Kier molecular flexibility index (Phi) is 2.18. The number of nitrogens with two attached hydrogens (primary N) is 1. The van der Waals surface area contributed by atoms with E-state index in [9.17, 15) is 9.59 Å². The first-order valence-electron chi connectivity index (χ1n) is 6.38. The van der Waals surface area contributed by atoms with Crippen molar-refractivity contribution >= 4 is 28.3 Å². The van der Waals surface area contributed by atoms with Crippen LogP contribution >= 0.6 is 0 Å². The van der Waals surface area contributed by atoms with Crippen LogP contribution in [0.15, 0.2) is 48.8 Å². The number of imide groups is 1. The fraction of sp³-hybridized carbons (Fsp3) is 0.